The molecule has 3 aromatic rings. The number of aryl methyl sites for hydroxylation is 3. The number of carbonyl (C=O) groups excluding carboxylic acids is 1. The van der Waals surface area contributed by atoms with Crippen LogP contribution in [0.25, 0.3) is 39.3 Å². The van der Waals surface area contributed by atoms with E-state index in [-0.39, 0.29) is 112 Å². The Morgan fingerprint density at radius 1 is 0.909 bits per heavy atom. The smallest absolute Gasteiger partial charge is 0.870 e. The van der Waals surface area contributed by atoms with Crippen molar-refractivity contribution in [2.24, 2.45) is 11.5 Å². The van der Waals surface area contributed by atoms with Crippen LogP contribution >= 0.6 is 0 Å². The Balaban J connectivity index is 0.00000242. The second kappa shape index (κ2) is 21.6. The van der Waals surface area contributed by atoms with Gasteiger partial charge in [-0.2, -0.15) is 0 Å². The van der Waals surface area contributed by atoms with Crippen LogP contribution in [0, 0.1) is 13.8 Å². The zero-order valence-electron chi connectivity index (χ0n) is 32.1. The van der Waals surface area contributed by atoms with Gasteiger partial charge in [0, 0.05) is 57.1 Å². The molecule has 0 saturated carbocycles. The van der Waals surface area contributed by atoms with Crippen LogP contribution < -0.4 is 70.6 Å². The van der Waals surface area contributed by atoms with Gasteiger partial charge in [0.2, 0.25) is 5.91 Å². The molecule has 16 nitrogen and oxygen atoms in total. The third-order valence-electron chi connectivity index (χ3n) is 9.51. The molecule has 12 N–H and O–H groups in total. The minimum absolute atomic E-state index is 0. The van der Waals surface area contributed by atoms with E-state index >= 15 is 0 Å². The van der Waals surface area contributed by atoms with Gasteiger partial charge in [-0.05, 0) is 74.1 Å². The molecule has 0 radical (unpaired) electrons. The molecule has 0 unspecified atom stereocenters. The van der Waals surface area contributed by atoms with Crippen LogP contribution in [-0.2, 0) is 32.0 Å². The van der Waals surface area contributed by atoms with Gasteiger partial charge < -0.3 is 52.8 Å². The maximum absolute atomic E-state index is 12.7. The molecule has 5 heterocycles. The van der Waals surface area contributed by atoms with E-state index in [9.17, 15) is 34.5 Å². The molecule has 18 heteroatoms. The van der Waals surface area contributed by atoms with Crippen LogP contribution in [0.2, 0.25) is 0 Å². The zero-order chi connectivity index (χ0) is 37.9. The Labute approximate surface area is 361 Å². The van der Waals surface area contributed by atoms with E-state index in [2.05, 4.69) is 22.3 Å². The predicted molar refractivity (Wildman–Crippen MR) is 198 cm³/mol. The van der Waals surface area contributed by atoms with Gasteiger partial charge >= 0.3 is 77.0 Å². The first-order valence-electron chi connectivity index (χ1n) is 16.5. The number of carboxylic acid groups (broad SMARTS) is 3. The molecular weight excluding hydrogens is 734 g/mol. The first kappa shape index (κ1) is 51.3. The second-order valence-electron chi connectivity index (χ2n) is 12.7. The van der Waals surface area contributed by atoms with E-state index in [1.807, 2.05) is 45.9 Å². The van der Waals surface area contributed by atoms with Gasteiger partial charge in [-0.1, -0.05) is 26.5 Å². The third-order valence-corrected chi connectivity index (χ3v) is 9.51. The number of carbonyl (C=O) groups is 4. The van der Waals surface area contributed by atoms with Crippen LogP contribution in [0.4, 0.5) is 0 Å². The van der Waals surface area contributed by atoms with E-state index in [4.69, 9.17) is 20.8 Å². The maximum Gasteiger partial charge on any atom is 1.00 e. The number of H-pyrrole nitrogens is 2. The zero-order valence-corrected chi connectivity index (χ0v) is 36.1. The molecular formula is C37H46N6Na2O10. The minimum Gasteiger partial charge on any atom is -0.870 e. The normalized spacial score (nSPS) is 14.7. The average Bonchev–Trinajstić information content (AvgIpc) is 3.75. The number of carboxylic acids is 3. The molecule has 0 fully saturated rings. The number of aliphatic hydroxyl groups excluding tert-OH is 1. The quantitative estimate of drug-likeness (QED) is 0.103. The summed E-state index contributed by atoms with van der Waals surface area (Å²) in [6, 6.07) is 4.84. The number of allylic oxidation sites excluding steroid dienone is 1. The van der Waals surface area contributed by atoms with Crippen LogP contribution in [0.1, 0.15) is 96.0 Å². The summed E-state index contributed by atoms with van der Waals surface area (Å²) in [5.74, 6) is -4.80. The molecule has 3 atom stereocenters. The fourth-order valence-electron chi connectivity index (χ4n) is 6.62. The molecule has 5 rings (SSSR count). The number of rotatable bonds is 10. The van der Waals surface area contributed by atoms with Crippen LogP contribution in [0.3, 0.4) is 0 Å². The van der Waals surface area contributed by atoms with Gasteiger partial charge in [-0.15, -0.1) is 0 Å². The average molecular weight is 781 g/mol. The molecule has 0 saturated heterocycles. The van der Waals surface area contributed by atoms with E-state index in [1.54, 1.807) is 13.0 Å². The van der Waals surface area contributed by atoms with E-state index in [1.165, 1.54) is 0 Å². The number of hydrogen-bond acceptors (Lipinski definition) is 10. The van der Waals surface area contributed by atoms with Crippen LogP contribution in [-0.4, -0.2) is 87.8 Å². The van der Waals surface area contributed by atoms with E-state index in [0.717, 1.165) is 44.3 Å². The summed E-state index contributed by atoms with van der Waals surface area (Å²) in [7, 11) is 0. The van der Waals surface area contributed by atoms with E-state index < -0.39 is 42.2 Å². The number of primary amides is 1. The number of aliphatic hydroxyl groups is 1. The summed E-state index contributed by atoms with van der Waals surface area (Å²) in [6.07, 6.45) is 2.03. The Kier molecular flexibility index (Phi) is 20.1. The summed E-state index contributed by atoms with van der Waals surface area (Å²) in [5.41, 5.74) is 18.7. The number of amides is 1. The molecule has 286 valence electrons. The van der Waals surface area contributed by atoms with Crippen molar-refractivity contribution >= 4 is 63.1 Å². The van der Waals surface area contributed by atoms with Gasteiger partial charge in [0.05, 0.1) is 35.7 Å². The second-order valence-corrected chi connectivity index (χ2v) is 12.7. The van der Waals surface area contributed by atoms with Gasteiger partial charge in [0.15, 0.2) is 0 Å². The number of fused-ring (bicyclic) bond motifs is 8. The summed E-state index contributed by atoms with van der Waals surface area (Å²) in [5, 5.41) is 37.9. The first-order valence-corrected chi connectivity index (χ1v) is 16.5. The standard InChI is InChI=1S/C34H36N4O6.C3H8N2O2.2Na.2H2O/c1-7-19-15(3)23-12-25-17(5)21(9-10-29(39)40)32(37-25)22(11-30(41)42)33-31(34(43)44)18(6)26(38-33)14-28-20(8-2)16(4)24(36-28)13-27(19)35-23;4-2(1-6)3(5)7;;;;/h7,12-14,17,21,35-36H,1,8-11H2,2-6H3,(H,39,40)(H,41,42)(H,43,44);2,6H,1,4H2,(H2,5,7);;;2*1H2/q;;2*+1;;/p-2/t17-,21-;2-;;;;/m00..../s1. The molecule has 2 aliphatic heterocycles. The number of hydrogen-bond donors (Lipinski definition) is 8. The molecule has 1 amide bonds. The summed E-state index contributed by atoms with van der Waals surface area (Å²) < 4.78 is 0. The Hall–Kier alpha value is -3.68. The molecule has 0 spiro atoms. The molecule has 0 aliphatic carbocycles. The Morgan fingerprint density at radius 2 is 1.51 bits per heavy atom. The van der Waals surface area contributed by atoms with Crippen molar-refractivity contribution in [1.29, 1.82) is 0 Å². The maximum atomic E-state index is 12.7. The number of aromatic nitrogens is 4. The summed E-state index contributed by atoms with van der Waals surface area (Å²) in [6.45, 7) is 13.3. The molecule has 0 aromatic carbocycles. The fourth-order valence-corrected chi connectivity index (χ4v) is 6.62. The molecule has 2 aliphatic rings. The van der Waals surface area contributed by atoms with Crippen molar-refractivity contribution in [3.63, 3.8) is 0 Å². The largest absolute Gasteiger partial charge is 1.00 e. The minimum atomic E-state index is -1.23. The van der Waals surface area contributed by atoms with Crippen molar-refractivity contribution in [3.05, 3.63) is 75.4 Å². The number of aromatic amines is 2. The van der Waals surface area contributed by atoms with Crippen LogP contribution in [0.15, 0.2) is 24.8 Å². The molecule has 55 heavy (non-hydrogen) atoms. The summed E-state index contributed by atoms with van der Waals surface area (Å²) in [4.78, 5) is 63.1. The van der Waals surface area contributed by atoms with Crippen LogP contribution in [0.5, 0.6) is 0 Å². The Morgan fingerprint density at radius 3 is 2.00 bits per heavy atom. The summed E-state index contributed by atoms with van der Waals surface area (Å²) >= 11 is 0. The monoisotopic (exact) mass is 780 g/mol. The number of nitrogens with zero attached hydrogens (tertiary/aromatic N) is 2. The Bertz CT molecular complexity index is 2140. The van der Waals surface area contributed by atoms with Gasteiger partial charge in [-0.25, -0.2) is 9.78 Å². The topological polar surface area (TPSA) is 319 Å². The SMILES string of the molecule is C=Cc1c(C)c2cc3nc(c(CC(=O)O)c4nc(cc5[nH]c(cc1[nH]2)c(C)c5CC)C(C)=C4C(=O)O)[C@@H](CCC(=O)O)[C@@H]3C.NC(=O)[C@@H](N)CO.[Na+].[Na+].[OH-].[OH-]. The molecule has 3 aromatic heterocycles. The molecule has 8 bridgehead atoms. The van der Waals surface area contributed by atoms with Gasteiger partial charge in [-0.3, -0.25) is 19.4 Å². The van der Waals surface area contributed by atoms with Crippen molar-refractivity contribution < 1.29 is 110 Å². The van der Waals surface area contributed by atoms with Gasteiger partial charge in [0.25, 0.3) is 0 Å². The predicted octanol–water partition coefficient (Wildman–Crippen LogP) is -2.02. The number of aliphatic carboxylic acids is 3. The first-order chi connectivity index (χ1) is 24.0. The number of nitrogens with one attached hydrogen (secondary N) is 2. The number of nitrogens with two attached hydrogens (primary N) is 2. The fraction of sp³-hybridized carbons (Fsp3) is 0.351. The van der Waals surface area contributed by atoms with Crippen molar-refractivity contribution in [1.82, 2.24) is 19.9 Å². The van der Waals surface area contributed by atoms with Crippen molar-refractivity contribution in [3.8, 4) is 0 Å². The van der Waals surface area contributed by atoms with Crippen molar-refractivity contribution in [2.45, 2.75) is 78.2 Å². The van der Waals surface area contributed by atoms with Crippen molar-refractivity contribution in [2.75, 3.05) is 6.61 Å². The third kappa shape index (κ3) is 11.0. The van der Waals surface area contributed by atoms with Gasteiger partial charge in [0.1, 0.15) is 6.04 Å². The van der Waals surface area contributed by atoms with E-state index in [0.29, 0.717) is 29.1 Å².